The molecule has 6 heteroatoms. The number of nitrogens with two attached hydrogens (primary N) is 1. The maximum atomic E-state index is 13.0. The van der Waals surface area contributed by atoms with Gasteiger partial charge in [-0.25, -0.2) is 4.39 Å². The third-order valence-electron chi connectivity index (χ3n) is 2.42. The molecule has 0 bridgehead atoms. The molecule has 0 saturated carbocycles. The molecule has 0 unspecified atom stereocenters. The van der Waals surface area contributed by atoms with Crippen molar-refractivity contribution in [2.75, 3.05) is 11.1 Å². The highest BCUT2D eigenvalue weighted by Crippen LogP contribution is 2.31. The third-order valence-corrected chi connectivity index (χ3v) is 3.05. The first-order chi connectivity index (χ1) is 8.97. The number of halogens is 3. The number of carbonyl (C=O) groups is 1. The number of nitrogen functional groups attached to an aromatic ring is 1. The Morgan fingerprint density at radius 1 is 1.16 bits per heavy atom. The highest BCUT2D eigenvalue weighted by Gasteiger charge is 2.10. The van der Waals surface area contributed by atoms with E-state index in [1.807, 2.05) is 0 Å². The first-order valence-corrected chi connectivity index (χ1v) is 6.04. The molecule has 1 amide bonds. The van der Waals surface area contributed by atoms with Crippen LogP contribution in [0.3, 0.4) is 0 Å². The van der Waals surface area contributed by atoms with E-state index >= 15 is 0 Å². The van der Waals surface area contributed by atoms with Crippen molar-refractivity contribution >= 4 is 40.5 Å². The summed E-state index contributed by atoms with van der Waals surface area (Å²) in [5.74, 6) is -0.947. The number of benzene rings is 2. The molecule has 2 rings (SSSR count). The van der Waals surface area contributed by atoms with Gasteiger partial charge in [-0.3, -0.25) is 4.79 Å². The van der Waals surface area contributed by atoms with Crippen molar-refractivity contribution in [1.29, 1.82) is 0 Å². The smallest absolute Gasteiger partial charge is 0.255 e. The predicted octanol–water partition coefficient (Wildman–Crippen LogP) is 3.97. The maximum Gasteiger partial charge on any atom is 0.255 e. The molecule has 0 atom stereocenters. The van der Waals surface area contributed by atoms with Crippen molar-refractivity contribution < 1.29 is 9.18 Å². The van der Waals surface area contributed by atoms with Gasteiger partial charge in [0.05, 0.1) is 15.7 Å². The van der Waals surface area contributed by atoms with Crippen LogP contribution in [-0.4, -0.2) is 5.91 Å². The van der Waals surface area contributed by atoms with Crippen LogP contribution in [0.1, 0.15) is 10.4 Å². The predicted molar refractivity (Wildman–Crippen MR) is 75.2 cm³/mol. The monoisotopic (exact) mass is 298 g/mol. The molecule has 98 valence electrons. The Hall–Kier alpha value is -1.78. The minimum absolute atomic E-state index is 0.198. The average Bonchev–Trinajstić information content (AvgIpc) is 2.36. The Bertz CT molecular complexity index is 623. The summed E-state index contributed by atoms with van der Waals surface area (Å²) in [4.78, 5) is 11.9. The Morgan fingerprint density at radius 2 is 1.79 bits per heavy atom. The minimum atomic E-state index is -0.485. The van der Waals surface area contributed by atoms with Gasteiger partial charge >= 0.3 is 0 Å². The van der Waals surface area contributed by atoms with Crippen LogP contribution in [0.4, 0.5) is 15.8 Å². The van der Waals surface area contributed by atoms with Gasteiger partial charge in [0, 0.05) is 11.3 Å². The molecule has 0 spiro atoms. The van der Waals surface area contributed by atoms with Crippen LogP contribution in [0.25, 0.3) is 0 Å². The summed E-state index contributed by atoms with van der Waals surface area (Å²) in [6.45, 7) is 0. The number of hydrogen-bond donors (Lipinski definition) is 2. The molecule has 0 radical (unpaired) electrons. The fourth-order valence-corrected chi connectivity index (χ4v) is 1.98. The normalized spacial score (nSPS) is 10.3. The van der Waals surface area contributed by atoms with Gasteiger partial charge < -0.3 is 11.1 Å². The zero-order valence-corrected chi connectivity index (χ0v) is 11.1. The van der Waals surface area contributed by atoms with Gasteiger partial charge in [-0.2, -0.15) is 0 Å². The van der Waals surface area contributed by atoms with Crippen LogP contribution in [0.15, 0.2) is 36.4 Å². The average molecular weight is 299 g/mol. The zero-order chi connectivity index (χ0) is 14.0. The number of carbonyl (C=O) groups excluding carboxylic acids is 1. The number of rotatable bonds is 2. The van der Waals surface area contributed by atoms with E-state index in [4.69, 9.17) is 28.9 Å². The molecule has 3 nitrogen and oxygen atoms in total. The first kappa shape index (κ1) is 13.6. The topological polar surface area (TPSA) is 55.1 Å². The first-order valence-electron chi connectivity index (χ1n) is 5.29. The van der Waals surface area contributed by atoms with E-state index in [0.717, 1.165) is 6.07 Å². The summed E-state index contributed by atoms with van der Waals surface area (Å²) in [5, 5.41) is 3.04. The standard InChI is InChI=1S/C13H9Cl2FN2O/c14-10-5-9(6-11(15)12(10)17)18-13(19)7-2-1-3-8(16)4-7/h1-6H,17H2,(H,18,19). The molecule has 0 aliphatic rings. The van der Waals surface area contributed by atoms with Crippen LogP contribution in [-0.2, 0) is 0 Å². The molecule has 3 N–H and O–H groups in total. The highest BCUT2D eigenvalue weighted by atomic mass is 35.5. The molecule has 0 aliphatic carbocycles. The van der Waals surface area contributed by atoms with Gasteiger partial charge in [0.1, 0.15) is 5.82 Å². The van der Waals surface area contributed by atoms with E-state index in [-0.39, 0.29) is 21.3 Å². The van der Waals surface area contributed by atoms with Crippen molar-refractivity contribution in [1.82, 2.24) is 0 Å². The van der Waals surface area contributed by atoms with E-state index in [9.17, 15) is 9.18 Å². The fraction of sp³-hybridized carbons (Fsp3) is 0. The van der Waals surface area contributed by atoms with Gasteiger partial charge in [-0.05, 0) is 30.3 Å². The van der Waals surface area contributed by atoms with Gasteiger partial charge in [0.2, 0.25) is 0 Å². The lowest BCUT2D eigenvalue weighted by atomic mass is 10.2. The third kappa shape index (κ3) is 3.16. The second-order valence-corrected chi connectivity index (χ2v) is 4.63. The molecule has 2 aromatic rings. The molecule has 2 aromatic carbocycles. The summed E-state index contributed by atoms with van der Waals surface area (Å²) >= 11 is 11.7. The zero-order valence-electron chi connectivity index (χ0n) is 9.58. The summed E-state index contributed by atoms with van der Waals surface area (Å²) in [6, 6.07) is 8.29. The largest absolute Gasteiger partial charge is 0.396 e. The Balaban J connectivity index is 2.24. The lowest BCUT2D eigenvalue weighted by molar-refractivity contribution is 0.102. The summed E-state index contributed by atoms with van der Waals surface area (Å²) in [7, 11) is 0. The van der Waals surface area contributed by atoms with Crippen LogP contribution < -0.4 is 11.1 Å². The van der Waals surface area contributed by atoms with Crippen molar-refractivity contribution in [3.8, 4) is 0 Å². The highest BCUT2D eigenvalue weighted by molar-refractivity contribution is 6.39. The van der Waals surface area contributed by atoms with Crippen molar-refractivity contribution in [3.63, 3.8) is 0 Å². The van der Waals surface area contributed by atoms with Crippen molar-refractivity contribution in [3.05, 3.63) is 57.8 Å². The fourth-order valence-electron chi connectivity index (χ4n) is 1.49. The lowest BCUT2D eigenvalue weighted by Crippen LogP contribution is -2.12. The lowest BCUT2D eigenvalue weighted by Gasteiger charge is -2.08. The minimum Gasteiger partial charge on any atom is -0.396 e. The van der Waals surface area contributed by atoms with Crippen molar-refractivity contribution in [2.45, 2.75) is 0 Å². The molecule has 0 aliphatic heterocycles. The van der Waals surface area contributed by atoms with E-state index < -0.39 is 11.7 Å². The number of anilines is 2. The van der Waals surface area contributed by atoms with E-state index in [1.54, 1.807) is 0 Å². The Kier molecular flexibility index (Phi) is 3.93. The molecule has 0 heterocycles. The number of hydrogen-bond acceptors (Lipinski definition) is 2. The molecule has 0 aromatic heterocycles. The second kappa shape index (κ2) is 5.47. The molecule has 0 saturated heterocycles. The summed E-state index contributed by atoms with van der Waals surface area (Å²) in [5.41, 5.74) is 6.41. The Labute approximate surface area is 119 Å². The Morgan fingerprint density at radius 3 is 2.37 bits per heavy atom. The van der Waals surface area contributed by atoms with Gasteiger partial charge in [0.15, 0.2) is 0 Å². The van der Waals surface area contributed by atoms with Crippen LogP contribution in [0.2, 0.25) is 10.0 Å². The number of nitrogens with one attached hydrogen (secondary N) is 1. The summed E-state index contributed by atoms with van der Waals surface area (Å²) in [6.07, 6.45) is 0. The molecule has 0 fully saturated rings. The molecule has 19 heavy (non-hydrogen) atoms. The molecular formula is C13H9Cl2FN2O. The van der Waals surface area contributed by atoms with Gasteiger partial charge in [-0.15, -0.1) is 0 Å². The van der Waals surface area contributed by atoms with Gasteiger partial charge in [-0.1, -0.05) is 29.3 Å². The maximum absolute atomic E-state index is 13.0. The van der Waals surface area contributed by atoms with Crippen LogP contribution >= 0.6 is 23.2 Å². The molecular weight excluding hydrogens is 290 g/mol. The SMILES string of the molecule is Nc1c(Cl)cc(NC(=O)c2cccc(F)c2)cc1Cl. The quantitative estimate of drug-likeness (QED) is 0.824. The second-order valence-electron chi connectivity index (χ2n) is 3.82. The van der Waals surface area contributed by atoms with Gasteiger partial charge in [0.25, 0.3) is 5.91 Å². The van der Waals surface area contributed by atoms with Crippen LogP contribution in [0.5, 0.6) is 0 Å². The summed E-state index contributed by atoms with van der Waals surface area (Å²) < 4.78 is 13.0. The van der Waals surface area contributed by atoms with E-state index in [1.165, 1.54) is 30.3 Å². The van der Waals surface area contributed by atoms with E-state index in [0.29, 0.717) is 5.69 Å². The van der Waals surface area contributed by atoms with Crippen molar-refractivity contribution in [2.24, 2.45) is 0 Å². The number of amides is 1. The van der Waals surface area contributed by atoms with E-state index in [2.05, 4.69) is 5.32 Å². The van der Waals surface area contributed by atoms with Crippen LogP contribution in [0, 0.1) is 5.82 Å².